The molecule has 0 atom stereocenters. The summed E-state index contributed by atoms with van der Waals surface area (Å²) in [6.45, 7) is -0.132. The third kappa shape index (κ3) is 3.43. The summed E-state index contributed by atoms with van der Waals surface area (Å²) in [7, 11) is 1.44. The van der Waals surface area contributed by atoms with E-state index in [1.165, 1.54) is 13.2 Å². The van der Waals surface area contributed by atoms with Crippen LogP contribution in [-0.4, -0.2) is 29.9 Å². The van der Waals surface area contributed by atoms with Gasteiger partial charge in [0, 0.05) is 0 Å². The number of aliphatic hydroxyl groups is 1. The Morgan fingerprint density at radius 3 is 2.81 bits per heavy atom. The monoisotopic (exact) mass is 226 g/mol. The molecule has 0 saturated heterocycles. The number of hydrogen-bond donors (Lipinski definition) is 2. The summed E-state index contributed by atoms with van der Waals surface area (Å²) in [5, 5.41) is 17.8. The van der Waals surface area contributed by atoms with Crippen LogP contribution in [0.2, 0.25) is 0 Å². The normalized spacial score (nSPS) is 9.88. The van der Waals surface area contributed by atoms with E-state index in [2.05, 4.69) is 0 Å². The topological polar surface area (TPSA) is 76.0 Å². The lowest BCUT2D eigenvalue weighted by Gasteiger charge is -2.07. The summed E-state index contributed by atoms with van der Waals surface area (Å²) >= 11 is 0. The van der Waals surface area contributed by atoms with E-state index in [4.69, 9.17) is 14.6 Å². The lowest BCUT2D eigenvalue weighted by molar-refractivity contribution is -0.145. The summed E-state index contributed by atoms with van der Waals surface area (Å²) in [5.41, 5.74) is 0.709. The SMILES string of the molecule is COc1cc(COC(=O)CCO)ccc1O. The smallest absolute Gasteiger partial charge is 0.308 e. The maximum atomic E-state index is 11.0. The van der Waals surface area contributed by atoms with Crippen LogP contribution in [-0.2, 0) is 16.1 Å². The molecule has 88 valence electrons. The average Bonchev–Trinajstić information content (AvgIpc) is 2.28. The highest BCUT2D eigenvalue weighted by atomic mass is 16.5. The fraction of sp³-hybridized carbons (Fsp3) is 0.364. The lowest BCUT2D eigenvalue weighted by Crippen LogP contribution is -2.06. The number of ether oxygens (including phenoxy) is 2. The van der Waals surface area contributed by atoms with Gasteiger partial charge in [0.2, 0.25) is 0 Å². The molecule has 2 N–H and O–H groups in total. The first-order valence-electron chi connectivity index (χ1n) is 4.79. The Morgan fingerprint density at radius 1 is 1.44 bits per heavy atom. The molecule has 1 aromatic carbocycles. The van der Waals surface area contributed by atoms with E-state index in [0.717, 1.165) is 0 Å². The van der Waals surface area contributed by atoms with E-state index in [1.54, 1.807) is 12.1 Å². The van der Waals surface area contributed by atoms with Crippen LogP contribution in [0.25, 0.3) is 0 Å². The number of rotatable bonds is 5. The zero-order chi connectivity index (χ0) is 12.0. The molecule has 0 amide bonds. The highest BCUT2D eigenvalue weighted by Crippen LogP contribution is 2.26. The molecule has 0 spiro atoms. The number of phenols is 1. The van der Waals surface area contributed by atoms with Crippen LogP contribution in [0.5, 0.6) is 11.5 Å². The fourth-order valence-electron chi connectivity index (χ4n) is 1.14. The van der Waals surface area contributed by atoms with Gasteiger partial charge in [-0.1, -0.05) is 6.07 Å². The number of carbonyl (C=O) groups is 1. The largest absolute Gasteiger partial charge is 0.504 e. The summed E-state index contributed by atoms with van der Waals surface area (Å²) in [4.78, 5) is 11.0. The molecule has 0 aliphatic heterocycles. The molecular formula is C11H14O5. The molecule has 1 rings (SSSR count). The number of esters is 1. The Morgan fingerprint density at radius 2 is 2.19 bits per heavy atom. The minimum atomic E-state index is -0.463. The molecule has 0 saturated carbocycles. The Labute approximate surface area is 93.2 Å². The Hall–Kier alpha value is -1.75. The predicted octanol–water partition coefficient (Wildman–Crippen LogP) is 0.826. The quantitative estimate of drug-likeness (QED) is 0.727. The van der Waals surface area contributed by atoms with Crippen molar-refractivity contribution in [3.8, 4) is 11.5 Å². The van der Waals surface area contributed by atoms with Gasteiger partial charge in [-0.2, -0.15) is 0 Å². The molecule has 0 aliphatic rings. The molecule has 0 radical (unpaired) electrons. The van der Waals surface area contributed by atoms with E-state index >= 15 is 0 Å². The van der Waals surface area contributed by atoms with E-state index < -0.39 is 5.97 Å². The number of phenolic OH excluding ortho intramolecular Hbond substituents is 1. The number of hydrogen-bond acceptors (Lipinski definition) is 5. The van der Waals surface area contributed by atoms with Crippen LogP contribution in [0.3, 0.4) is 0 Å². The van der Waals surface area contributed by atoms with Gasteiger partial charge in [-0.25, -0.2) is 0 Å². The number of aromatic hydroxyl groups is 1. The van der Waals surface area contributed by atoms with E-state index in [1.807, 2.05) is 0 Å². The number of benzene rings is 1. The van der Waals surface area contributed by atoms with Gasteiger partial charge >= 0.3 is 5.97 Å². The molecule has 0 fully saturated rings. The predicted molar refractivity (Wildman–Crippen MR) is 56.2 cm³/mol. The highest BCUT2D eigenvalue weighted by Gasteiger charge is 2.05. The molecule has 0 bridgehead atoms. The Balaban J connectivity index is 2.57. The number of methoxy groups -OCH3 is 1. The molecule has 0 aromatic heterocycles. The first kappa shape index (κ1) is 12.3. The van der Waals surface area contributed by atoms with Gasteiger partial charge in [0.1, 0.15) is 6.61 Å². The van der Waals surface area contributed by atoms with Gasteiger partial charge in [0.15, 0.2) is 11.5 Å². The summed E-state index contributed by atoms with van der Waals surface area (Å²) < 4.78 is 9.78. The van der Waals surface area contributed by atoms with Gasteiger partial charge < -0.3 is 19.7 Å². The van der Waals surface area contributed by atoms with Crippen LogP contribution >= 0.6 is 0 Å². The van der Waals surface area contributed by atoms with Crippen molar-refractivity contribution in [3.63, 3.8) is 0 Å². The molecule has 16 heavy (non-hydrogen) atoms. The van der Waals surface area contributed by atoms with E-state index in [9.17, 15) is 9.90 Å². The molecule has 5 nitrogen and oxygen atoms in total. The van der Waals surface area contributed by atoms with Crippen molar-refractivity contribution < 1.29 is 24.5 Å². The standard InChI is InChI=1S/C11H14O5/c1-15-10-6-8(2-3-9(10)13)7-16-11(14)4-5-12/h2-3,6,12-13H,4-5,7H2,1H3. The van der Waals surface area contributed by atoms with Crippen LogP contribution in [0, 0.1) is 0 Å². The molecule has 1 aromatic rings. The molecule has 0 aliphatic carbocycles. The van der Waals surface area contributed by atoms with Crippen LogP contribution < -0.4 is 4.74 Å². The number of aliphatic hydroxyl groups excluding tert-OH is 1. The van der Waals surface area contributed by atoms with Crippen molar-refractivity contribution >= 4 is 5.97 Å². The third-order valence-electron chi connectivity index (χ3n) is 1.96. The van der Waals surface area contributed by atoms with Crippen molar-refractivity contribution in [2.75, 3.05) is 13.7 Å². The Bertz CT molecular complexity index is 361. The van der Waals surface area contributed by atoms with Gasteiger partial charge in [-0.15, -0.1) is 0 Å². The summed E-state index contributed by atoms with van der Waals surface area (Å²) in [6.07, 6.45) is -0.0186. The first-order valence-corrected chi connectivity index (χ1v) is 4.79. The fourth-order valence-corrected chi connectivity index (χ4v) is 1.14. The molecule has 0 unspecified atom stereocenters. The van der Waals surface area contributed by atoms with Crippen LogP contribution in [0.15, 0.2) is 18.2 Å². The van der Waals surface area contributed by atoms with Crippen molar-refractivity contribution in [2.24, 2.45) is 0 Å². The van der Waals surface area contributed by atoms with Crippen molar-refractivity contribution in [1.82, 2.24) is 0 Å². The highest BCUT2D eigenvalue weighted by molar-refractivity contribution is 5.69. The van der Waals surface area contributed by atoms with Crippen LogP contribution in [0.1, 0.15) is 12.0 Å². The first-order chi connectivity index (χ1) is 7.67. The second-order valence-electron chi connectivity index (χ2n) is 3.14. The second kappa shape index (κ2) is 5.97. The zero-order valence-electron chi connectivity index (χ0n) is 8.97. The summed E-state index contributed by atoms with van der Waals surface area (Å²) in [5.74, 6) is -0.0989. The maximum Gasteiger partial charge on any atom is 0.308 e. The zero-order valence-corrected chi connectivity index (χ0v) is 8.97. The minimum absolute atomic E-state index is 0.0186. The van der Waals surface area contributed by atoms with E-state index in [0.29, 0.717) is 11.3 Å². The van der Waals surface area contributed by atoms with Crippen molar-refractivity contribution in [2.45, 2.75) is 13.0 Å². The summed E-state index contributed by atoms with van der Waals surface area (Å²) in [6, 6.07) is 4.68. The molecular weight excluding hydrogens is 212 g/mol. The van der Waals surface area contributed by atoms with Crippen molar-refractivity contribution in [1.29, 1.82) is 0 Å². The van der Waals surface area contributed by atoms with Gasteiger partial charge in [-0.05, 0) is 17.7 Å². The van der Waals surface area contributed by atoms with Crippen molar-refractivity contribution in [3.05, 3.63) is 23.8 Å². The van der Waals surface area contributed by atoms with Gasteiger partial charge in [-0.3, -0.25) is 4.79 Å². The minimum Gasteiger partial charge on any atom is -0.504 e. The van der Waals surface area contributed by atoms with Crippen LogP contribution in [0.4, 0.5) is 0 Å². The number of carbonyl (C=O) groups excluding carboxylic acids is 1. The molecule has 0 heterocycles. The van der Waals surface area contributed by atoms with E-state index in [-0.39, 0.29) is 25.4 Å². The van der Waals surface area contributed by atoms with Gasteiger partial charge in [0.05, 0.1) is 20.1 Å². The average molecular weight is 226 g/mol. The molecule has 5 heteroatoms. The Kier molecular flexibility index (Phi) is 4.60. The van der Waals surface area contributed by atoms with Gasteiger partial charge in [0.25, 0.3) is 0 Å². The third-order valence-corrected chi connectivity index (χ3v) is 1.96. The lowest BCUT2D eigenvalue weighted by atomic mass is 10.2. The second-order valence-corrected chi connectivity index (χ2v) is 3.14. The maximum absolute atomic E-state index is 11.0.